The van der Waals surface area contributed by atoms with Gasteiger partial charge in [-0.25, -0.2) is 0 Å². The Morgan fingerprint density at radius 3 is 1.33 bits per heavy atom. The van der Waals surface area contributed by atoms with Crippen LogP contribution in [0.1, 0.15) is 20.8 Å². The maximum Gasteiger partial charge on any atom is 0.152 e. The zero-order valence-electron chi connectivity index (χ0n) is 15.9. The Morgan fingerprint density at radius 2 is 1.04 bits per heavy atom. The van der Waals surface area contributed by atoms with Gasteiger partial charge in [-0.05, 0) is 24.3 Å². The first-order valence-electron chi connectivity index (χ1n) is 8.24. The molecule has 2 aromatic carbocycles. The molecule has 24 heavy (non-hydrogen) atoms. The topological polar surface area (TPSA) is 23.6 Å². The van der Waals surface area contributed by atoms with E-state index in [1.165, 1.54) is 0 Å². The first kappa shape index (κ1) is 18.6. The van der Waals surface area contributed by atoms with Crippen LogP contribution >= 0.6 is 7.14 Å². The van der Waals surface area contributed by atoms with Crippen LogP contribution < -0.4 is 20.4 Å². The molecule has 130 valence electrons. The number of anilines is 2. The van der Waals surface area contributed by atoms with Gasteiger partial charge in [-0.2, -0.15) is 0 Å². The standard InChI is InChI=1S/C20H29N2OP/c1-20(2,3)24(23,18-14-10-8-12-16(18)21(4)5)19-15-11-9-13-17(19)22(6)7/h8-15H,1-7H3. The van der Waals surface area contributed by atoms with Gasteiger partial charge in [0, 0.05) is 55.3 Å². The van der Waals surface area contributed by atoms with Gasteiger partial charge in [-0.1, -0.05) is 45.0 Å². The molecule has 0 aliphatic rings. The maximum absolute atomic E-state index is 14.6. The quantitative estimate of drug-likeness (QED) is 0.785. The Hall–Kier alpha value is -1.73. The fourth-order valence-electron chi connectivity index (χ4n) is 3.07. The molecule has 0 N–H and O–H groups in total. The SMILES string of the molecule is CN(C)c1ccccc1P(=O)(c1ccccc1N(C)C)C(C)(C)C. The molecule has 0 aromatic heterocycles. The van der Waals surface area contributed by atoms with Crippen molar-refractivity contribution in [3.05, 3.63) is 48.5 Å². The van der Waals surface area contributed by atoms with E-state index in [0.29, 0.717) is 0 Å². The Morgan fingerprint density at radius 1 is 0.708 bits per heavy atom. The predicted molar refractivity (Wildman–Crippen MR) is 108 cm³/mol. The molecule has 0 unspecified atom stereocenters. The third-order valence-electron chi connectivity index (χ3n) is 4.35. The molecular formula is C20H29N2OP. The van der Waals surface area contributed by atoms with Crippen LogP contribution in [0.2, 0.25) is 0 Å². The van der Waals surface area contributed by atoms with Crippen molar-refractivity contribution in [3.8, 4) is 0 Å². The van der Waals surface area contributed by atoms with E-state index in [9.17, 15) is 4.57 Å². The summed E-state index contributed by atoms with van der Waals surface area (Å²) in [5.41, 5.74) is 2.04. The van der Waals surface area contributed by atoms with Gasteiger partial charge in [0.05, 0.1) is 0 Å². The van der Waals surface area contributed by atoms with Crippen molar-refractivity contribution in [3.63, 3.8) is 0 Å². The van der Waals surface area contributed by atoms with E-state index in [2.05, 4.69) is 20.8 Å². The molecule has 0 aliphatic heterocycles. The lowest BCUT2D eigenvalue weighted by atomic mass is 10.2. The van der Waals surface area contributed by atoms with Gasteiger partial charge < -0.3 is 14.4 Å². The van der Waals surface area contributed by atoms with Crippen LogP contribution in [-0.2, 0) is 4.57 Å². The number of rotatable bonds is 4. The predicted octanol–water partition coefficient (Wildman–Crippen LogP) is 3.93. The number of benzene rings is 2. The molecule has 0 atom stereocenters. The minimum absolute atomic E-state index is 0.384. The molecule has 0 fully saturated rings. The second-order valence-electron chi connectivity index (χ2n) is 7.55. The molecule has 0 spiro atoms. The summed E-state index contributed by atoms with van der Waals surface area (Å²) in [6.45, 7) is 6.23. The van der Waals surface area contributed by atoms with Crippen molar-refractivity contribution in [1.29, 1.82) is 0 Å². The average molecular weight is 344 g/mol. The number of hydrogen-bond acceptors (Lipinski definition) is 3. The number of nitrogens with zero attached hydrogens (tertiary/aromatic N) is 2. The summed E-state index contributed by atoms with van der Waals surface area (Å²) in [5, 5.41) is 1.47. The lowest BCUT2D eigenvalue weighted by Gasteiger charge is -2.36. The molecule has 0 amide bonds. The minimum atomic E-state index is -2.87. The second-order valence-corrected chi connectivity index (χ2v) is 11.1. The van der Waals surface area contributed by atoms with Gasteiger partial charge in [-0.3, -0.25) is 0 Å². The number of para-hydroxylation sites is 2. The van der Waals surface area contributed by atoms with Crippen LogP contribution in [0, 0.1) is 0 Å². The van der Waals surface area contributed by atoms with Crippen LogP contribution in [-0.4, -0.2) is 33.3 Å². The lowest BCUT2D eigenvalue weighted by Crippen LogP contribution is -2.35. The Bertz CT molecular complexity index is 705. The molecule has 0 aliphatic carbocycles. The van der Waals surface area contributed by atoms with E-state index in [1.54, 1.807) is 0 Å². The third kappa shape index (κ3) is 3.10. The van der Waals surface area contributed by atoms with Crippen molar-refractivity contribution in [2.45, 2.75) is 25.9 Å². The number of hydrogen-bond donors (Lipinski definition) is 0. The smallest absolute Gasteiger partial charge is 0.152 e. The Kier molecular flexibility index (Phi) is 5.15. The molecule has 3 nitrogen and oxygen atoms in total. The highest BCUT2D eigenvalue weighted by atomic mass is 31.2. The normalized spacial score (nSPS) is 12.1. The van der Waals surface area contributed by atoms with E-state index in [4.69, 9.17) is 0 Å². The van der Waals surface area contributed by atoms with Crippen molar-refractivity contribution in [2.75, 3.05) is 38.0 Å². The first-order chi connectivity index (χ1) is 11.1. The molecule has 0 radical (unpaired) electrons. The van der Waals surface area contributed by atoms with Crippen LogP contribution in [0.3, 0.4) is 0 Å². The minimum Gasteiger partial charge on any atom is -0.377 e. The highest BCUT2D eigenvalue weighted by Crippen LogP contribution is 2.58. The van der Waals surface area contributed by atoms with Gasteiger partial charge in [-0.15, -0.1) is 0 Å². The fourth-order valence-corrected chi connectivity index (χ4v) is 6.56. The highest BCUT2D eigenvalue weighted by Gasteiger charge is 2.43. The van der Waals surface area contributed by atoms with Crippen LogP contribution in [0.25, 0.3) is 0 Å². The van der Waals surface area contributed by atoms with E-state index in [0.717, 1.165) is 22.0 Å². The molecular weight excluding hydrogens is 315 g/mol. The lowest BCUT2D eigenvalue weighted by molar-refractivity contribution is 0.564. The van der Waals surface area contributed by atoms with E-state index in [1.807, 2.05) is 86.5 Å². The average Bonchev–Trinajstić information content (AvgIpc) is 2.52. The zero-order chi connectivity index (χ0) is 18.1. The summed E-state index contributed by atoms with van der Waals surface area (Å²) >= 11 is 0. The zero-order valence-corrected chi connectivity index (χ0v) is 16.8. The van der Waals surface area contributed by atoms with Crippen LogP contribution in [0.15, 0.2) is 48.5 Å². The molecule has 0 saturated carbocycles. The second kappa shape index (κ2) is 6.64. The molecule has 0 heterocycles. The summed E-state index contributed by atoms with van der Waals surface area (Å²) in [6.07, 6.45) is 0. The van der Waals surface area contributed by atoms with E-state index >= 15 is 0 Å². The fraction of sp³-hybridized carbons (Fsp3) is 0.400. The van der Waals surface area contributed by atoms with Crippen molar-refractivity contribution in [1.82, 2.24) is 0 Å². The van der Waals surface area contributed by atoms with Gasteiger partial charge in [0.25, 0.3) is 0 Å². The monoisotopic (exact) mass is 344 g/mol. The molecule has 0 bridgehead atoms. The summed E-state index contributed by atoms with van der Waals surface area (Å²) in [4.78, 5) is 4.10. The van der Waals surface area contributed by atoms with Gasteiger partial charge in [0.2, 0.25) is 0 Å². The molecule has 4 heteroatoms. The first-order valence-corrected chi connectivity index (χ1v) is 9.95. The van der Waals surface area contributed by atoms with Crippen LogP contribution in [0.5, 0.6) is 0 Å². The van der Waals surface area contributed by atoms with Crippen molar-refractivity contribution in [2.24, 2.45) is 0 Å². The van der Waals surface area contributed by atoms with Crippen LogP contribution in [0.4, 0.5) is 11.4 Å². The summed E-state index contributed by atoms with van der Waals surface area (Å²) < 4.78 is 14.6. The Labute approximate surface area is 146 Å². The van der Waals surface area contributed by atoms with Gasteiger partial charge in [0.1, 0.15) is 0 Å². The summed E-state index contributed by atoms with van der Waals surface area (Å²) in [5.74, 6) is 0. The van der Waals surface area contributed by atoms with Crippen molar-refractivity contribution < 1.29 is 4.57 Å². The summed E-state index contributed by atoms with van der Waals surface area (Å²) in [7, 11) is 5.14. The molecule has 2 aromatic rings. The third-order valence-corrected chi connectivity index (χ3v) is 8.35. The van der Waals surface area contributed by atoms with Gasteiger partial charge >= 0.3 is 0 Å². The largest absolute Gasteiger partial charge is 0.377 e. The van der Waals surface area contributed by atoms with Crippen molar-refractivity contribution >= 4 is 29.1 Å². The van der Waals surface area contributed by atoms with Gasteiger partial charge in [0.15, 0.2) is 7.14 Å². The molecule has 0 saturated heterocycles. The maximum atomic E-state index is 14.6. The highest BCUT2D eigenvalue weighted by molar-refractivity contribution is 7.80. The molecule has 2 rings (SSSR count). The summed E-state index contributed by atoms with van der Waals surface area (Å²) in [6, 6.07) is 16.1. The van der Waals surface area contributed by atoms with E-state index in [-0.39, 0.29) is 5.16 Å². The Balaban J connectivity index is 2.88. The van der Waals surface area contributed by atoms with E-state index < -0.39 is 7.14 Å².